The molecular formula is C54H40S2. The van der Waals surface area contributed by atoms with Crippen molar-refractivity contribution in [2.75, 3.05) is 0 Å². The van der Waals surface area contributed by atoms with Gasteiger partial charge in [0.2, 0.25) is 0 Å². The maximum absolute atomic E-state index is 2.68. The predicted octanol–water partition coefficient (Wildman–Crippen LogP) is 13.3. The third-order valence-electron chi connectivity index (χ3n) is 13.8. The van der Waals surface area contributed by atoms with Gasteiger partial charge in [0.15, 0.2) is 0 Å². The molecule has 0 N–H and O–H groups in total. The Balaban J connectivity index is 0.919. The number of hydrogen-bond donors (Lipinski definition) is 0. The summed E-state index contributed by atoms with van der Waals surface area (Å²) in [5, 5.41) is 8.80. The molecule has 0 bridgehead atoms. The van der Waals surface area contributed by atoms with Gasteiger partial charge >= 0.3 is 0 Å². The Labute approximate surface area is 336 Å². The summed E-state index contributed by atoms with van der Waals surface area (Å²) in [5.41, 5.74) is 15.8. The van der Waals surface area contributed by atoms with E-state index >= 15 is 0 Å². The van der Waals surface area contributed by atoms with E-state index in [1.54, 1.807) is 21.6 Å². The zero-order valence-corrected chi connectivity index (χ0v) is 33.0. The minimum absolute atomic E-state index is 0.505. The minimum Gasteiger partial charge on any atom is -0.135 e. The standard InChI is InChI=1S/C54H40S2/c1-30-10-8-12-32-20-21-35(25-42(30)32)52-39-18-6-4-16-37(39)51(38-17-5-7-19-40(38)52)34-14-9-13-33(24-34)43-28-50-53(46-26-44(43)46)47-27-45-41-23-22-31-11-2-3-15-36(31)54(41)56-48(45)29-49(47)55-50/h2,4-9,11-14,16-25,27-30,44,46-47,49H,3,10,15,26H2,1H3. The Bertz CT molecular complexity index is 3100. The number of rotatable bonds is 3. The van der Waals surface area contributed by atoms with Crippen LogP contribution in [-0.4, -0.2) is 5.25 Å². The van der Waals surface area contributed by atoms with Crippen molar-refractivity contribution in [3.63, 3.8) is 0 Å². The van der Waals surface area contributed by atoms with E-state index in [0.29, 0.717) is 28.9 Å². The zero-order chi connectivity index (χ0) is 36.6. The van der Waals surface area contributed by atoms with E-state index in [-0.39, 0.29) is 0 Å². The van der Waals surface area contributed by atoms with Gasteiger partial charge in [-0.2, -0.15) is 0 Å². The van der Waals surface area contributed by atoms with Gasteiger partial charge in [-0.3, -0.25) is 0 Å². The summed E-state index contributed by atoms with van der Waals surface area (Å²) in [4.78, 5) is 1.55. The number of hydrogen-bond acceptors (Lipinski definition) is 2. The van der Waals surface area contributed by atoms with Crippen molar-refractivity contribution in [2.45, 2.75) is 43.8 Å². The number of allylic oxidation sites excluding steroid dienone is 5. The third kappa shape index (κ3) is 4.60. The molecule has 0 saturated heterocycles. The number of thiophene rings is 1. The van der Waals surface area contributed by atoms with Crippen LogP contribution in [0.1, 0.15) is 59.9 Å². The first-order chi connectivity index (χ1) is 27.7. The highest BCUT2D eigenvalue weighted by Gasteiger charge is 2.51. The maximum atomic E-state index is 2.68. The van der Waals surface area contributed by atoms with E-state index in [9.17, 15) is 0 Å². The lowest BCUT2D eigenvalue weighted by Crippen LogP contribution is -2.30. The van der Waals surface area contributed by atoms with Crippen LogP contribution in [0.4, 0.5) is 0 Å². The van der Waals surface area contributed by atoms with Crippen molar-refractivity contribution in [2.24, 2.45) is 17.8 Å². The molecular weight excluding hydrogens is 713 g/mol. The molecule has 0 amide bonds. The van der Waals surface area contributed by atoms with E-state index in [0.717, 1.165) is 12.8 Å². The molecule has 5 atom stereocenters. The van der Waals surface area contributed by atoms with Crippen LogP contribution in [0.3, 0.4) is 0 Å². The first-order valence-electron chi connectivity index (χ1n) is 20.6. The van der Waals surface area contributed by atoms with Gasteiger partial charge in [-0.25, -0.2) is 0 Å². The molecule has 2 heterocycles. The number of benzene rings is 6. The third-order valence-corrected chi connectivity index (χ3v) is 16.4. The molecule has 13 rings (SSSR count). The quantitative estimate of drug-likeness (QED) is 0.162. The highest BCUT2D eigenvalue weighted by Crippen LogP contribution is 2.64. The van der Waals surface area contributed by atoms with Gasteiger partial charge in [-0.15, -0.1) is 23.1 Å². The number of aryl methyl sites for hydroxylation is 1. The summed E-state index contributed by atoms with van der Waals surface area (Å²) in [7, 11) is 0. The second kappa shape index (κ2) is 11.9. The molecule has 2 heteroatoms. The van der Waals surface area contributed by atoms with Crippen LogP contribution >= 0.6 is 23.1 Å². The summed E-state index contributed by atoms with van der Waals surface area (Å²) < 4.78 is 3.02. The summed E-state index contributed by atoms with van der Waals surface area (Å²) in [6.45, 7) is 2.36. The second-order valence-electron chi connectivity index (χ2n) is 16.9. The van der Waals surface area contributed by atoms with E-state index in [1.165, 1.54) is 98.7 Å². The molecule has 5 unspecified atom stereocenters. The molecule has 1 aliphatic heterocycles. The highest BCUT2D eigenvalue weighted by atomic mass is 32.2. The van der Waals surface area contributed by atoms with Gasteiger partial charge in [-0.1, -0.05) is 140 Å². The van der Waals surface area contributed by atoms with Gasteiger partial charge in [0.25, 0.3) is 0 Å². The predicted molar refractivity (Wildman–Crippen MR) is 243 cm³/mol. The monoisotopic (exact) mass is 752 g/mol. The van der Waals surface area contributed by atoms with Crippen molar-refractivity contribution in [1.82, 2.24) is 0 Å². The lowest BCUT2D eigenvalue weighted by Gasteiger charge is -2.22. The SMILES string of the molecule is CC1CC=Cc2ccc(-c3c4ccccc4c(-c4cccc(C5=CC6=C(C7C=c8c(sc9c%10c(ccc89)C=CCC%10)=CC7S6)C6CC56)c4)c4ccccc34)cc21. The summed E-state index contributed by atoms with van der Waals surface area (Å²) in [5.74, 6) is 2.33. The molecule has 0 radical (unpaired) electrons. The molecule has 0 nitrogen and oxygen atoms in total. The van der Waals surface area contributed by atoms with Crippen LogP contribution in [-0.2, 0) is 6.42 Å². The molecule has 6 aliphatic rings. The Morgan fingerprint density at radius 1 is 0.643 bits per heavy atom. The Morgan fingerprint density at radius 3 is 2.18 bits per heavy atom. The fourth-order valence-corrected chi connectivity index (χ4v) is 14.0. The lowest BCUT2D eigenvalue weighted by molar-refractivity contribution is 0.757. The molecule has 56 heavy (non-hydrogen) atoms. The fourth-order valence-electron chi connectivity index (χ4n) is 11.1. The average molecular weight is 753 g/mol. The van der Waals surface area contributed by atoms with Crippen molar-refractivity contribution in [1.29, 1.82) is 0 Å². The van der Waals surface area contributed by atoms with E-state index < -0.39 is 0 Å². The average Bonchev–Trinajstić information content (AvgIpc) is 3.83. The number of thioether (sulfide) groups is 1. The second-order valence-corrected chi connectivity index (χ2v) is 19.2. The van der Waals surface area contributed by atoms with E-state index in [2.05, 4.69) is 164 Å². The van der Waals surface area contributed by atoms with Crippen LogP contribution in [0.2, 0.25) is 0 Å². The van der Waals surface area contributed by atoms with E-state index in [4.69, 9.17) is 0 Å². The summed E-state index contributed by atoms with van der Waals surface area (Å²) in [6, 6.07) is 39.7. The normalized spacial score (nSPS) is 23.8. The van der Waals surface area contributed by atoms with Crippen molar-refractivity contribution in [3.05, 3.63) is 169 Å². The van der Waals surface area contributed by atoms with Gasteiger partial charge < -0.3 is 0 Å². The minimum atomic E-state index is 0.505. The van der Waals surface area contributed by atoms with Crippen molar-refractivity contribution in [3.8, 4) is 22.3 Å². The van der Waals surface area contributed by atoms with E-state index in [1.807, 2.05) is 11.3 Å². The molecule has 6 aromatic carbocycles. The molecule has 1 fully saturated rings. The van der Waals surface area contributed by atoms with Crippen molar-refractivity contribution >= 4 is 84.6 Å². The van der Waals surface area contributed by atoms with Crippen LogP contribution in [0.25, 0.3) is 83.8 Å². The lowest BCUT2D eigenvalue weighted by atomic mass is 9.82. The van der Waals surface area contributed by atoms with Crippen LogP contribution in [0.5, 0.6) is 0 Å². The summed E-state index contributed by atoms with van der Waals surface area (Å²) in [6.07, 6.45) is 21.9. The smallest absolute Gasteiger partial charge is 0.0393 e. The Morgan fingerprint density at radius 2 is 1.38 bits per heavy atom. The molecule has 1 saturated carbocycles. The largest absolute Gasteiger partial charge is 0.135 e. The molecule has 0 spiro atoms. The molecule has 7 aromatic rings. The van der Waals surface area contributed by atoms with Gasteiger partial charge in [0, 0.05) is 30.7 Å². The molecule has 5 aliphatic carbocycles. The van der Waals surface area contributed by atoms with Gasteiger partial charge in [0.05, 0.1) is 0 Å². The van der Waals surface area contributed by atoms with Crippen LogP contribution in [0, 0.1) is 17.8 Å². The van der Waals surface area contributed by atoms with Crippen LogP contribution in [0.15, 0.2) is 132 Å². The first kappa shape index (κ1) is 32.0. The zero-order valence-electron chi connectivity index (χ0n) is 31.4. The summed E-state index contributed by atoms with van der Waals surface area (Å²) >= 11 is 4.17. The van der Waals surface area contributed by atoms with Crippen molar-refractivity contribution < 1.29 is 0 Å². The molecule has 268 valence electrons. The highest BCUT2D eigenvalue weighted by molar-refractivity contribution is 8.04. The molecule has 1 aromatic heterocycles. The fraction of sp³-hybridized carbons (Fsp3) is 0.185. The van der Waals surface area contributed by atoms with Gasteiger partial charge in [-0.05, 0) is 144 Å². The first-order valence-corrected chi connectivity index (χ1v) is 22.3. The Hall–Kier alpha value is -5.15. The topological polar surface area (TPSA) is 0 Å². The maximum Gasteiger partial charge on any atom is 0.0393 e. The van der Waals surface area contributed by atoms with Gasteiger partial charge in [0.1, 0.15) is 0 Å². The Kier molecular flexibility index (Phi) is 6.82. The van der Waals surface area contributed by atoms with Crippen LogP contribution < -0.4 is 9.75 Å². The number of fused-ring (bicyclic) bond motifs is 12.